The first-order valence-corrected chi connectivity index (χ1v) is 7.75. The molecule has 2 fully saturated rings. The average molecular weight is 299 g/mol. The number of ether oxygens (including phenoxy) is 3. The quantitative estimate of drug-likeness (QED) is 0.684. The molecule has 6 nitrogen and oxygen atoms in total. The summed E-state index contributed by atoms with van der Waals surface area (Å²) in [5.74, 6) is -0.150. The van der Waals surface area contributed by atoms with Crippen molar-refractivity contribution in [2.45, 2.75) is 38.2 Å². The molecule has 2 saturated heterocycles. The Morgan fingerprint density at radius 2 is 1.95 bits per heavy atom. The largest absolute Gasteiger partial charge is 0.469 e. The van der Waals surface area contributed by atoms with Crippen molar-refractivity contribution in [3.8, 4) is 0 Å². The number of esters is 1. The molecule has 0 bridgehead atoms. The molecular weight excluding hydrogens is 274 g/mol. The molecule has 120 valence electrons. The highest BCUT2D eigenvalue weighted by Gasteiger charge is 2.29. The Hall–Kier alpha value is -1.14. The third-order valence-electron chi connectivity index (χ3n) is 4.14. The number of nitrogens with zero attached hydrogens (tertiary/aromatic N) is 1. The molecule has 2 heterocycles. The first kappa shape index (κ1) is 16.2. The van der Waals surface area contributed by atoms with E-state index in [9.17, 15) is 9.59 Å². The van der Waals surface area contributed by atoms with Crippen molar-refractivity contribution < 1.29 is 23.8 Å². The van der Waals surface area contributed by atoms with Crippen molar-refractivity contribution in [3.05, 3.63) is 0 Å². The van der Waals surface area contributed by atoms with E-state index in [1.807, 2.05) is 0 Å². The smallest absolute Gasteiger partial charge is 0.307 e. The van der Waals surface area contributed by atoms with Gasteiger partial charge in [0, 0.05) is 38.8 Å². The fraction of sp³-hybridized carbons (Fsp3) is 0.867. The second-order valence-electron chi connectivity index (χ2n) is 5.63. The number of hydrogen-bond acceptors (Lipinski definition) is 5. The summed E-state index contributed by atoms with van der Waals surface area (Å²) in [5.41, 5.74) is 0. The van der Waals surface area contributed by atoms with Crippen LogP contribution >= 0.6 is 0 Å². The molecule has 2 aliphatic rings. The zero-order valence-corrected chi connectivity index (χ0v) is 12.7. The fourth-order valence-corrected chi connectivity index (χ4v) is 2.86. The van der Waals surface area contributed by atoms with Gasteiger partial charge in [0.15, 0.2) is 0 Å². The molecule has 1 atom stereocenters. The van der Waals surface area contributed by atoms with E-state index in [0.29, 0.717) is 26.3 Å². The highest BCUT2D eigenvalue weighted by atomic mass is 16.5. The van der Waals surface area contributed by atoms with Crippen LogP contribution in [0, 0.1) is 5.92 Å². The molecule has 0 spiro atoms. The summed E-state index contributed by atoms with van der Waals surface area (Å²) in [7, 11) is 1.37. The number of methoxy groups -OCH3 is 1. The van der Waals surface area contributed by atoms with Crippen LogP contribution < -0.4 is 0 Å². The lowest BCUT2D eigenvalue weighted by Gasteiger charge is -2.30. The average Bonchev–Trinajstić information content (AvgIpc) is 3.04. The minimum Gasteiger partial charge on any atom is -0.469 e. The third-order valence-corrected chi connectivity index (χ3v) is 4.14. The first-order valence-electron chi connectivity index (χ1n) is 7.75. The van der Waals surface area contributed by atoms with Gasteiger partial charge in [0.1, 0.15) is 0 Å². The molecule has 0 radical (unpaired) electrons. The predicted octanol–water partition coefficient (Wildman–Crippen LogP) is 0.984. The molecular formula is C15H25NO5. The Balaban J connectivity index is 1.91. The van der Waals surface area contributed by atoms with Gasteiger partial charge in [-0.15, -0.1) is 0 Å². The molecule has 0 N–H and O–H groups in total. The highest BCUT2D eigenvalue weighted by molar-refractivity contribution is 5.79. The van der Waals surface area contributed by atoms with Gasteiger partial charge in [-0.3, -0.25) is 9.59 Å². The van der Waals surface area contributed by atoms with Gasteiger partial charge >= 0.3 is 5.97 Å². The monoisotopic (exact) mass is 299 g/mol. The van der Waals surface area contributed by atoms with Crippen molar-refractivity contribution in [1.82, 2.24) is 4.90 Å². The van der Waals surface area contributed by atoms with Crippen molar-refractivity contribution in [2.24, 2.45) is 5.92 Å². The summed E-state index contributed by atoms with van der Waals surface area (Å²) in [6, 6.07) is 0. The molecule has 0 aromatic heterocycles. The summed E-state index contributed by atoms with van der Waals surface area (Å²) < 4.78 is 15.6. The van der Waals surface area contributed by atoms with Crippen molar-refractivity contribution >= 4 is 11.9 Å². The highest BCUT2D eigenvalue weighted by Crippen LogP contribution is 2.20. The third kappa shape index (κ3) is 4.97. The summed E-state index contributed by atoms with van der Waals surface area (Å²) >= 11 is 0. The van der Waals surface area contributed by atoms with Crippen molar-refractivity contribution in [2.75, 3.05) is 40.0 Å². The first-order chi connectivity index (χ1) is 10.2. The van der Waals surface area contributed by atoms with E-state index in [2.05, 4.69) is 4.74 Å². The van der Waals surface area contributed by atoms with E-state index >= 15 is 0 Å². The Morgan fingerprint density at radius 1 is 1.19 bits per heavy atom. The number of carbonyl (C=O) groups excluding carboxylic acids is 2. The fourth-order valence-electron chi connectivity index (χ4n) is 2.86. The van der Waals surface area contributed by atoms with Crippen LogP contribution in [0.3, 0.4) is 0 Å². The Kier molecular flexibility index (Phi) is 6.45. The molecule has 0 saturated carbocycles. The summed E-state index contributed by atoms with van der Waals surface area (Å²) in [4.78, 5) is 25.8. The Labute approximate surface area is 125 Å². The molecule has 0 aliphatic carbocycles. The van der Waals surface area contributed by atoms with E-state index in [0.717, 1.165) is 32.3 Å². The maximum Gasteiger partial charge on any atom is 0.307 e. The molecule has 1 unspecified atom stereocenters. The Morgan fingerprint density at radius 3 is 2.57 bits per heavy atom. The van der Waals surface area contributed by atoms with Crippen LogP contribution in [0.1, 0.15) is 32.1 Å². The van der Waals surface area contributed by atoms with Gasteiger partial charge in [-0.2, -0.15) is 0 Å². The maximum atomic E-state index is 12.6. The zero-order chi connectivity index (χ0) is 15.1. The summed E-state index contributed by atoms with van der Waals surface area (Å²) in [6.45, 7) is 3.03. The zero-order valence-electron chi connectivity index (χ0n) is 12.7. The molecule has 2 aliphatic heterocycles. The van der Waals surface area contributed by atoms with Crippen LogP contribution in [-0.2, 0) is 23.8 Å². The summed E-state index contributed by atoms with van der Waals surface area (Å²) in [5, 5.41) is 0. The molecule has 1 amide bonds. The van der Waals surface area contributed by atoms with E-state index in [-0.39, 0.29) is 30.3 Å². The van der Waals surface area contributed by atoms with Crippen LogP contribution in [0.25, 0.3) is 0 Å². The van der Waals surface area contributed by atoms with Gasteiger partial charge in [-0.25, -0.2) is 0 Å². The molecule has 0 aromatic rings. The van der Waals surface area contributed by atoms with E-state index in [1.54, 1.807) is 4.90 Å². The van der Waals surface area contributed by atoms with Gasteiger partial charge in [0.05, 0.1) is 19.6 Å². The molecule has 0 aromatic carbocycles. The molecule has 2 rings (SSSR count). The number of amides is 1. The Bertz CT molecular complexity index is 348. The minimum atomic E-state index is -0.285. The normalized spacial score (nSPS) is 23.0. The molecule has 6 heteroatoms. The lowest BCUT2D eigenvalue weighted by Crippen LogP contribution is -2.43. The minimum absolute atomic E-state index is 0.0119. The van der Waals surface area contributed by atoms with E-state index in [4.69, 9.17) is 9.47 Å². The topological polar surface area (TPSA) is 65.1 Å². The van der Waals surface area contributed by atoms with Crippen LogP contribution in [0.2, 0.25) is 0 Å². The van der Waals surface area contributed by atoms with Crippen molar-refractivity contribution in [3.63, 3.8) is 0 Å². The van der Waals surface area contributed by atoms with Crippen molar-refractivity contribution in [1.29, 1.82) is 0 Å². The van der Waals surface area contributed by atoms with Crippen LogP contribution in [0.15, 0.2) is 0 Å². The standard InChI is InChI=1S/C15H25NO5/c1-19-14(17)4-7-16(11-13-3-2-8-21-13)15(18)12-5-9-20-10-6-12/h12-13H,2-11H2,1H3. The predicted molar refractivity (Wildman–Crippen MR) is 75.7 cm³/mol. The second kappa shape index (κ2) is 8.34. The number of hydrogen-bond donors (Lipinski definition) is 0. The van der Waals surface area contributed by atoms with Gasteiger partial charge < -0.3 is 19.1 Å². The summed E-state index contributed by atoms with van der Waals surface area (Å²) in [6.07, 6.45) is 3.89. The van der Waals surface area contributed by atoms with Gasteiger partial charge in [0.2, 0.25) is 5.91 Å². The number of carbonyl (C=O) groups is 2. The SMILES string of the molecule is COC(=O)CCN(CC1CCCO1)C(=O)C1CCOCC1. The van der Waals surface area contributed by atoms with Crippen LogP contribution in [-0.4, -0.2) is 62.9 Å². The second-order valence-corrected chi connectivity index (χ2v) is 5.63. The van der Waals surface area contributed by atoms with E-state index in [1.165, 1.54) is 7.11 Å². The van der Waals surface area contributed by atoms with Gasteiger partial charge in [-0.1, -0.05) is 0 Å². The van der Waals surface area contributed by atoms with Gasteiger partial charge in [0.25, 0.3) is 0 Å². The lowest BCUT2D eigenvalue weighted by atomic mass is 9.98. The van der Waals surface area contributed by atoms with Crippen LogP contribution in [0.5, 0.6) is 0 Å². The lowest BCUT2D eigenvalue weighted by molar-refractivity contribution is -0.144. The maximum absolute atomic E-state index is 12.6. The van der Waals surface area contributed by atoms with Gasteiger partial charge in [-0.05, 0) is 25.7 Å². The van der Waals surface area contributed by atoms with Crippen LogP contribution in [0.4, 0.5) is 0 Å². The number of rotatable bonds is 6. The molecule has 21 heavy (non-hydrogen) atoms. The van der Waals surface area contributed by atoms with E-state index < -0.39 is 0 Å².